The second-order valence-electron chi connectivity index (χ2n) is 6.31. The van der Waals surface area contributed by atoms with E-state index in [1.165, 1.54) is 0 Å². The van der Waals surface area contributed by atoms with Gasteiger partial charge >= 0.3 is 0 Å². The number of rotatable bonds is 3. The molecule has 1 saturated heterocycles. The molecular formula is C19H19Cl2NO3. The highest BCUT2D eigenvalue weighted by Gasteiger charge is 2.24. The summed E-state index contributed by atoms with van der Waals surface area (Å²) >= 11 is 12.3. The topological polar surface area (TPSA) is 30.9 Å². The van der Waals surface area contributed by atoms with Crippen molar-refractivity contribution in [1.29, 1.82) is 0 Å². The first-order valence-electron chi connectivity index (χ1n) is 8.30. The highest BCUT2D eigenvalue weighted by atomic mass is 35.5. The molecule has 2 aliphatic rings. The maximum absolute atomic E-state index is 6.27. The molecule has 0 aromatic heterocycles. The Balaban J connectivity index is 1.51. The van der Waals surface area contributed by atoms with Crippen molar-refractivity contribution in [3.63, 3.8) is 0 Å². The Kier molecular flexibility index (Phi) is 5.15. The average Bonchev–Trinajstić information content (AvgIpc) is 2.62. The molecule has 132 valence electrons. The Bertz CT molecular complexity index is 751. The van der Waals surface area contributed by atoms with Crippen molar-refractivity contribution >= 4 is 23.2 Å². The van der Waals surface area contributed by atoms with Crippen LogP contribution >= 0.6 is 23.2 Å². The van der Waals surface area contributed by atoms with Crippen LogP contribution in [0.5, 0.6) is 5.75 Å². The number of hydrogen-bond acceptors (Lipinski definition) is 4. The summed E-state index contributed by atoms with van der Waals surface area (Å²) in [5, 5.41) is 1.45. The van der Waals surface area contributed by atoms with Gasteiger partial charge in [-0.15, -0.1) is 0 Å². The molecule has 4 rings (SSSR count). The summed E-state index contributed by atoms with van der Waals surface area (Å²) in [4.78, 5) is 2.37. The van der Waals surface area contributed by atoms with Gasteiger partial charge in [0.1, 0.15) is 5.75 Å². The van der Waals surface area contributed by atoms with E-state index in [1.807, 2.05) is 36.4 Å². The van der Waals surface area contributed by atoms with Gasteiger partial charge in [-0.2, -0.15) is 0 Å². The van der Waals surface area contributed by atoms with E-state index in [0.717, 1.165) is 47.1 Å². The molecule has 4 nitrogen and oxygen atoms in total. The van der Waals surface area contributed by atoms with Gasteiger partial charge in [0.25, 0.3) is 0 Å². The first-order valence-corrected chi connectivity index (χ1v) is 9.06. The van der Waals surface area contributed by atoms with Crippen molar-refractivity contribution in [2.24, 2.45) is 0 Å². The summed E-state index contributed by atoms with van der Waals surface area (Å²) in [6.07, 6.45) is 0.0466. The minimum atomic E-state index is 0.0466. The van der Waals surface area contributed by atoms with Gasteiger partial charge in [0.2, 0.25) is 0 Å². The van der Waals surface area contributed by atoms with E-state index in [9.17, 15) is 0 Å². The molecule has 1 atom stereocenters. The van der Waals surface area contributed by atoms with Crippen molar-refractivity contribution in [2.45, 2.75) is 19.3 Å². The van der Waals surface area contributed by atoms with Crippen LogP contribution in [-0.2, 0) is 22.6 Å². The van der Waals surface area contributed by atoms with Crippen LogP contribution in [0.3, 0.4) is 0 Å². The second-order valence-corrected chi connectivity index (χ2v) is 7.18. The summed E-state index contributed by atoms with van der Waals surface area (Å²) < 4.78 is 17.0. The highest BCUT2D eigenvalue weighted by molar-refractivity contribution is 6.31. The fourth-order valence-electron chi connectivity index (χ4n) is 3.34. The molecule has 2 aromatic carbocycles. The third kappa shape index (κ3) is 3.94. The van der Waals surface area contributed by atoms with E-state index in [4.69, 9.17) is 37.4 Å². The average molecular weight is 380 g/mol. The van der Waals surface area contributed by atoms with Crippen molar-refractivity contribution < 1.29 is 14.2 Å². The minimum Gasteiger partial charge on any atom is -0.467 e. The van der Waals surface area contributed by atoms with Gasteiger partial charge < -0.3 is 14.2 Å². The van der Waals surface area contributed by atoms with E-state index in [2.05, 4.69) is 4.90 Å². The number of fused-ring (bicyclic) bond motifs is 1. The summed E-state index contributed by atoms with van der Waals surface area (Å²) in [6.45, 7) is 4.00. The molecule has 1 fully saturated rings. The number of morpholine rings is 1. The van der Waals surface area contributed by atoms with Crippen LogP contribution in [0, 0.1) is 0 Å². The predicted octanol–water partition coefficient (Wildman–Crippen LogP) is 4.43. The number of ether oxygens (including phenoxy) is 3. The molecule has 0 spiro atoms. The SMILES string of the molecule is Clc1ccc([C@@H]2CN(Cc3cc(Cl)cc4c3OCOC4)CCO2)cc1. The lowest BCUT2D eigenvalue weighted by Crippen LogP contribution is -2.38. The maximum Gasteiger partial charge on any atom is 0.189 e. The van der Waals surface area contributed by atoms with Crippen LogP contribution in [0.2, 0.25) is 10.0 Å². The van der Waals surface area contributed by atoms with Crippen LogP contribution in [0.1, 0.15) is 22.8 Å². The molecule has 0 aliphatic carbocycles. The van der Waals surface area contributed by atoms with Crippen molar-refractivity contribution in [3.8, 4) is 5.75 Å². The largest absolute Gasteiger partial charge is 0.467 e. The van der Waals surface area contributed by atoms with Crippen LogP contribution in [-0.4, -0.2) is 31.4 Å². The Morgan fingerprint density at radius 3 is 2.76 bits per heavy atom. The van der Waals surface area contributed by atoms with E-state index in [-0.39, 0.29) is 12.9 Å². The van der Waals surface area contributed by atoms with E-state index < -0.39 is 0 Å². The second kappa shape index (κ2) is 7.52. The third-order valence-electron chi connectivity index (χ3n) is 4.54. The van der Waals surface area contributed by atoms with Gasteiger partial charge in [0.15, 0.2) is 6.79 Å². The van der Waals surface area contributed by atoms with Gasteiger partial charge in [0, 0.05) is 40.8 Å². The standard InChI is InChI=1S/C19H19Cl2NO3/c20-16-3-1-13(2-4-16)18-10-22(5-6-24-18)9-14-7-17(21)8-15-11-23-12-25-19(14)15/h1-4,7-8,18H,5-6,9-12H2/t18-/m0/s1. The first kappa shape index (κ1) is 17.1. The quantitative estimate of drug-likeness (QED) is 0.788. The Hall–Kier alpha value is -1.30. The lowest BCUT2D eigenvalue weighted by molar-refractivity contribution is -0.0354. The summed E-state index contributed by atoms with van der Waals surface area (Å²) in [5.74, 6) is 0.908. The molecular weight excluding hydrogens is 361 g/mol. The Morgan fingerprint density at radius 2 is 1.92 bits per heavy atom. The predicted molar refractivity (Wildman–Crippen MR) is 97.2 cm³/mol. The summed E-state index contributed by atoms with van der Waals surface area (Å²) in [5.41, 5.74) is 3.26. The van der Waals surface area contributed by atoms with Gasteiger partial charge in [-0.05, 0) is 29.8 Å². The first-order chi connectivity index (χ1) is 12.2. The monoisotopic (exact) mass is 379 g/mol. The van der Waals surface area contributed by atoms with E-state index in [0.29, 0.717) is 18.2 Å². The zero-order valence-corrected chi connectivity index (χ0v) is 15.2. The molecule has 25 heavy (non-hydrogen) atoms. The molecule has 0 amide bonds. The zero-order chi connectivity index (χ0) is 17.2. The molecule has 2 heterocycles. The molecule has 2 aliphatic heterocycles. The number of nitrogens with zero attached hydrogens (tertiary/aromatic N) is 1. The number of hydrogen-bond donors (Lipinski definition) is 0. The normalized spacial score (nSPS) is 20.8. The van der Waals surface area contributed by atoms with E-state index in [1.54, 1.807) is 0 Å². The van der Waals surface area contributed by atoms with E-state index >= 15 is 0 Å². The highest BCUT2D eigenvalue weighted by Crippen LogP contribution is 2.33. The lowest BCUT2D eigenvalue weighted by atomic mass is 10.1. The minimum absolute atomic E-state index is 0.0466. The molecule has 0 bridgehead atoms. The molecule has 6 heteroatoms. The van der Waals surface area contributed by atoms with Crippen LogP contribution in [0.25, 0.3) is 0 Å². The fourth-order valence-corrected chi connectivity index (χ4v) is 3.73. The molecule has 0 radical (unpaired) electrons. The number of halogens is 2. The lowest BCUT2D eigenvalue weighted by Gasteiger charge is -2.34. The molecule has 0 saturated carbocycles. The van der Waals surface area contributed by atoms with Gasteiger partial charge in [-0.3, -0.25) is 4.90 Å². The summed E-state index contributed by atoms with van der Waals surface area (Å²) in [7, 11) is 0. The zero-order valence-electron chi connectivity index (χ0n) is 13.7. The van der Waals surface area contributed by atoms with Gasteiger partial charge in [-0.25, -0.2) is 0 Å². The molecule has 2 aromatic rings. The maximum atomic E-state index is 6.27. The smallest absolute Gasteiger partial charge is 0.189 e. The van der Waals surface area contributed by atoms with Gasteiger partial charge in [0.05, 0.1) is 19.3 Å². The number of benzene rings is 2. The van der Waals surface area contributed by atoms with Crippen LogP contribution in [0.15, 0.2) is 36.4 Å². The van der Waals surface area contributed by atoms with Crippen LogP contribution in [0.4, 0.5) is 0 Å². The summed E-state index contributed by atoms with van der Waals surface area (Å²) in [6, 6.07) is 11.8. The fraction of sp³-hybridized carbons (Fsp3) is 0.368. The van der Waals surface area contributed by atoms with Crippen molar-refractivity contribution in [3.05, 3.63) is 63.1 Å². The Labute approximate surface area is 157 Å². The molecule has 0 unspecified atom stereocenters. The van der Waals surface area contributed by atoms with Crippen molar-refractivity contribution in [2.75, 3.05) is 26.5 Å². The van der Waals surface area contributed by atoms with Gasteiger partial charge in [-0.1, -0.05) is 35.3 Å². The molecule has 0 N–H and O–H groups in total. The third-order valence-corrected chi connectivity index (χ3v) is 5.01. The Morgan fingerprint density at radius 1 is 1.08 bits per heavy atom. The van der Waals surface area contributed by atoms with Crippen molar-refractivity contribution in [1.82, 2.24) is 4.90 Å². The van der Waals surface area contributed by atoms with Crippen LogP contribution < -0.4 is 4.74 Å².